The molecule has 0 fully saturated rings. The molecular weight excluding hydrogens is 438 g/mol. The predicted octanol–water partition coefficient (Wildman–Crippen LogP) is 6.04. The first kappa shape index (κ1) is 24.1. The van der Waals surface area contributed by atoms with Crippen molar-refractivity contribution in [3.8, 4) is 22.6 Å². The van der Waals surface area contributed by atoms with Gasteiger partial charge in [-0.2, -0.15) is 0 Å². The molecule has 33 heavy (non-hydrogen) atoms. The maximum absolute atomic E-state index is 12.7. The van der Waals surface area contributed by atoms with E-state index in [9.17, 15) is 9.59 Å². The zero-order valence-electron chi connectivity index (χ0n) is 18.9. The van der Waals surface area contributed by atoms with Gasteiger partial charge < -0.3 is 19.5 Å². The van der Waals surface area contributed by atoms with Gasteiger partial charge in [0.05, 0.1) is 19.8 Å². The molecule has 1 heterocycles. The Balaban J connectivity index is 1.85. The van der Waals surface area contributed by atoms with Gasteiger partial charge in [-0.3, -0.25) is 4.79 Å². The molecule has 1 N–H and O–H groups in total. The molecular formula is C26H27NO5S. The van der Waals surface area contributed by atoms with E-state index in [0.717, 1.165) is 16.9 Å². The van der Waals surface area contributed by atoms with Gasteiger partial charge in [0.2, 0.25) is 5.91 Å². The fraction of sp³-hybridized carbons (Fsp3) is 0.231. The Labute approximate surface area is 197 Å². The fourth-order valence-corrected chi connectivity index (χ4v) is 4.15. The summed E-state index contributed by atoms with van der Waals surface area (Å²) < 4.78 is 16.3. The van der Waals surface area contributed by atoms with E-state index in [0.29, 0.717) is 35.1 Å². The average molecular weight is 466 g/mol. The van der Waals surface area contributed by atoms with Gasteiger partial charge in [0.15, 0.2) is 0 Å². The van der Waals surface area contributed by atoms with E-state index in [2.05, 4.69) is 5.32 Å². The molecule has 172 valence electrons. The van der Waals surface area contributed by atoms with Crippen LogP contribution in [0.4, 0.5) is 5.00 Å². The van der Waals surface area contributed by atoms with Crippen LogP contribution in [0.1, 0.15) is 36.7 Å². The second kappa shape index (κ2) is 11.9. The molecule has 3 rings (SSSR count). The predicted molar refractivity (Wildman–Crippen MR) is 132 cm³/mol. The number of ether oxygens (including phenoxy) is 3. The van der Waals surface area contributed by atoms with Crippen LogP contribution >= 0.6 is 11.3 Å². The van der Waals surface area contributed by atoms with Crippen LogP contribution in [0.3, 0.4) is 0 Å². The molecule has 3 aromatic rings. The number of amides is 1. The van der Waals surface area contributed by atoms with Crippen LogP contribution in [0.2, 0.25) is 0 Å². The van der Waals surface area contributed by atoms with Gasteiger partial charge >= 0.3 is 5.97 Å². The van der Waals surface area contributed by atoms with Gasteiger partial charge in [-0.1, -0.05) is 30.3 Å². The van der Waals surface area contributed by atoms with Gasteiger partial charge in [0.1, 0.15) is 22.1 Å². The number of carbonyl (C=O) groups is 2. The van der Waals surface area contributed by atoms with Crippen molar-refractivity contribution in [1.82, 2.24) is 0 Å². The smallest absolute Gasteiger partial charge is 0.341 e. The number of rotatable bonds is 10. The van der Waals surface area contributed by atoms with Crippen LogP contribution in [0, 0.1) is 0 Å². The van der Waals surface area contributed by atoms with Crippen molar-refractivity contribution in [2.24, 2.45) is 0 Å². The molecule has 2 aromatic carbocycles. The Morgan fingerprint density at radius 2 is 1.67 bits per heavy atom. The van der Waals surface area contributed by atoms with E-state index < -0.39 is 5.97 Å². The molecule has 0 spiro atoms. The zero-order chi connectivity index (χ0) is 23.6. The summed E-state index contributed by atoms with van der Waals surface area (Å²) >= 11 is 1.28. The molecule has 0 aliphatic rings. The molecule has 0 saturated heterocycles. The summed E-state index contributed by atoms with van der Waals surface area (Å²) in [6, 6.07) is 14.9. The molecule has 0 aliphatic carbocycles. The first-order valence-electron chi connectivity index (χ1n) is 10.8. The number of carbonyl (C=O) groups excluding carboxylic acids is 2. The maximum atomic E-state index is 12.7. The van der Waals surface area contributed by atoms with Gasteiger partial charge in [-0.25, -0.2) is 4.79 Å². The standard InChI is InChI=1S/C26H27NO5S/c1-4-30-20-14-11-18(12-15-20)21-17-33-25(24(21)26(29)32-6-3)27-23(28)16-13-19-9-7-8-10-22(19)31-5-2/h7-17H,4-6H2,1-3H3,(H,27,28). The van der Waals surface area contributed by atoms with Crippen LogP contribution in [0.15, 0.2) is 60.0 Å². The molecule has 0 radical (unpaired) electrons. The highest BCUT2D eigenvalue weighted by atomic mass is 32.1. The van der Waals surface area contributed by atoms with Crippen LogP contribution in [0.25, 0.3) is 17.2 Å². The van der Waals surface area contributed by atoms with E-state index in [1.807, 2.05) is 67.8 Å². The second-order valence-corrected chi connectivity index (χ2v) is 7.70. The summed E-state index contributed by atoms with van der Waals surface area (Å²) in [5.74, 6) is 0.612. The highest BCUT2D eigenvalue weighted by molar-refractivity contribution is 7.15. The number of hydrogen-bond donors (Lipinski definition) is 1. The highest BCUT2D eigenvalue weighted by Crippen LogP contribution is 2.37. The first-order valence-corrected chi connectivity index (χ1v) is 11.7. The van der Waals surface area contributed by atoms with Crippen molar-refractivity contribution >= 4 is 34.3 Å². The van der Waals surface area contributed by atoms with E-state index in [1.165, 1.54) is 17.4 Å². The number of nitrogens with one attached hydrogen (secondary N) is 1. The van der Waals surface area contributed by atoms with Gasteiger partial charge in [0.25, 0.3) is 0 Å². The van der Waals surface area contributed by atoms with Crippen molar-refractivity contribution in [3.05, 3.63) is 71.1 Å². The lowest BCUT2D eigenvalue weighted by atomic mass is 10.0. The topological polar surface area (TPSA) is 73.9 Å². The normalized spacial score (nSPS) is 10.8. The molecule has 0 unspecified atom stereocenters. The van der Waals surface area contributed by atoms with Crippen LogP contribution in [0.5, 0.6) is 11.5 Å². The summed E-state index contributed by atoms with van der Waals surface area (Å²) in [4.78, 5) is 25.4. The molecule has 6 nitrogen and oxygen atoms in total. The lowest BCUT2D eigenvalue weighted by molar-refractivity contribution is -0.111. The van der Waals surface area contributed by atoms with Crippen LogP contribution < -0.4 is 14.8 Å². The highest BCUT2D eigenvalue weighted by Gasteiger charge is 2.22. The maximum Gasteiger partial charge on any atom is 0.341 e. The third kappa shape index (κ3) is 6.23. The lowest BCUT2D eigenvalue weighted by Gasteiger charge is -2.09. The Morgan fingerprint density at radius 3 is 2.36 bits per heavy atom. The Kier molecular flexibility index (Phi) is 8.66. The molecule has 7 heteroatoms. The van der Waals surface area contributed by atoms with Crippen molar-refractivity contribution < 1.29 is 23.8 Å². The fourth-order valence-electron chi connectivity index (χ4n) is 3.19. The third-order valence-electron chi connectivity index (χ3n) is 4.62. The van der Waals surface area contributed by atoms with Crippen molar-refractivity contribution in [3.63, 3.8) is 0 Å². The quantitative estimate of drug-likeness (QED) is 0.292. The number of thiophene rings is 1. The van der Waals surface area contributed by atoms with Gasteiger partial charge in [-0.05, 0) is 50.6 Å². The summed E-state index contributed by atoms with van der Waals surface area (Å²) in [6.07, 6.45) is 3.11. The number of benzene rings is 2. The minimum Gasteiger partial charge on any atom is -0.494 e. The SMILES string of the molecule is CCOC(=O)c1c(-c2ccc(OCC)cc2)csc1NC(=O)C=Cc1ccccc1OCC. The van der Waals surface area contributed by atoms with E-state index in [-0.39, 0.29) is 12.5 Å². The molecule has 1 aromatic heterocycles. The second-order valence-electron chi connectivity index (χ2n) is 6.82. The first-order chi connectivity index (χ1) is 16.1. The number of esters is 1. The molecule has 0 saturated carbocycles. The van der Waals surface area contributed by atoms with Gasteiger partial charge in [-0.15, -0.1) is 11.3 Å². The molecule has 0 atom stereocenters. The monoisotopic (exact) mass is 465 g/mol. The summed E-state index contributed by atoms with van der Waals surface area (Å²) in [5.41, 5.74) is 2.66. The van der Waals surface area contributed by atoms with E-state index in [4.69, 9.17) is 14.2 Å². The number of hydrogen-bond acceptors (Lipinski definition) is 6. The summed E-state index contributed by atoms with van der Waals surface area (Å²) in [7, 11) is 0. The third-order valence-corrected chi connectivity index (χ3v) is 5.51. The van der Waals surface area contributed by atoms with Gasteiger partial charge in [0, 0.05) is 22.6 Å². The number of para-hydroxylation sites is 1. The minimum absolute atomic E-state index is 0.235. The van der Waals surface area contributed by atoms with Crippen LogP contribution in [-0.4, -0.2) is 31.7 Å². The Bertz CT molecular complexity index is 1120. The van der Waals surface area contributed by atoms with Crippen molar-refractivity contribution in [2.75, 3.05) is 25.1 Å². The van der Waals surface area contributed by atoms with Crippen molar-refractivity contribution in [2.45, 2.75) is 20.8 Å². The lowest BCUT2D eigenvalue weighted by Crippen LogP contribution is -2.12. The van der Waals surface area contributed by atoms with E-state index >= 15 is 0 Å². The summed E-state index contributed by atoms with van der Waals surface area (Å²) in [5, 5.41) is 5.09. The van der Waals surface area contributed by atoms with Crippen LogP contribution in [-0.2, 0) is 9.53 Å². The minimum atomic E-state index is -0.483. The Hall–Kier alpha value is -3.58. The molecule has 1 amide bonds. The molecule has 0 aliphatic heterocycles. The van der Waals surface area contributed by atoms with E-state index in [1.54, 1.807) is 13.0 Å². The molecule has 0 bridgehead atoms. The zero-order valence-corrected chi connectivity index (χ0v) is 19.7. The Morgan fingerprint density at radius 1 is 0.939 bits per heavy atom. The average Bonchev–Trinajstić information content (AvgIpc) is 3.23. The largest absolute Gasteiger partial charge is 0.494 e. The number of anilines is 1. The van der Waals surface area contributed by atoms with Crippen molar-refractivity contribution in [1.29, 1.82) is 0 Å². The summed E-state index contributed by atoms with van der Waals surface area (Å²) in [6.45, 7) is 6.91.